The maximum atomic E-state index is 6.22. The molecule has 2 aromatic carbocycles. The maximum Gasteiger partial charge on any atom is 0.495 e. The number of benzene rings is 2. The first-order chi connectivity index (χ1) is 20.0. The first kappa shape index (κ1) is 29.1. The van der Waals surface area contributed by atoms with Crippen molar-refractivity contribution >= 4 is 72.7 Å². The Balaban J connectivity index is 0.000000162. The zero-order chi connectivity index (χ0) is 29.6. The number of nitrogens with zero attached hydrogens (tertiary/aromatic N) is 4. The lowest BCUT2D eigenvalue weighted by Crippen LogP contribution is -2.41. The molecule has 42 heavy (non-hydrogen) atoms. The van der Waals surface area contributed by atoms with Crippen LogP contribution in [-0.4, -0.2) is 38.3 Å². The van der Waals surface area contributed by atoms with Gasteiger partial charge in [0.2, 0.25) is 0 Å². The first-order valence-corrected chi connectivity index (χ1v) is 16.1. The molecule has 1 saturated heterocycles. The van der Waals surface area contributed by atoms with Crippen molar-refractivity contribution in [2.45, 2.75) is 52.7 Å². The van der Waals surface area contributed by atoms with Crippen molar-refractivity contribution in [3.05, 3.63) is 87.8 Å². The summed E-state index contributed by atoms with van der Waals surface area (Å²) in [7, 11) is -0.382. The van der Waals surface area contributed by atoms with E-state index in [0.717, 1.165) is 57.3 Å². The van der Waals surface area contributed by atoms with Crippen LogP contribution in [0.25, 0.3) is 42.7 Å². The quantitative estimate of drug-likeness (QED) is 0.178. The van der Waals surface area contributed by atoms with Gasteiger partial charge in [-0.2, -0.15) is 0 Å². The molecule has 0 atom stereocenters. The van der Waals surface area contributed by atoms with Crippen LogP contribution in [0.15, 0.2) is 77.8 Å². The molecule has 4 aromatic heterocycles. The lowest BCUT2D eigenvalue weighted by molar-refractivity contribution is 0.00578. The Hall–Kier alpha value is -3.02. The molecule has 0 saturated carbocycles. The predicted octanol–water partition coefficient (Wildman–Crippen LogP) is 8.40. The van der Waals surface area contributed by atoms with Crippen molar-refractivity contribution in [2.24, 2.45) is 0 Å². The van der Waals surface area contributed by atoms with Crippen LogP contribution in [0.1, 0.15) is 37.7 Å². The van der Waals surface area contributed by atoms with E-state index < -0.39 is 0 Å². The fraction of sp³-hybridized carbons (Fsp3) is 0.250. The minimum Gasteiger partial charge on any atom is -0.399 e. The molecule has 6 aromatic rings. The molecule has 212 valence electrons. The molecule has 0 bridgehead atoms. The normalized spacial score (nSPS) is 15.6. The lowest BCUT2D eigenvalue weighted by atomic mass is 9.76. The molecule has 10 heteroatoms. The molecule has 0 amide bonds. The Labute approximate surface area is 262 Å². The van der Waals surface area contributed by atoms with E-state index in [2.05, 4.69) is 93.9 Å². The molecule has 0 radical (unpaired) electrons. The highest BCUT2D eigenvalue weighted by Gasteiger charge is 2.52. The molecule has 1 aliphatic rings. The number of pyridine rings is 2. The molecule has 1 fully saturated rings. The SMILES string of the molecule is Cc1ncc(-c2cc3cccc(B4OC(C)(C)C(C)(C)O4)c3cn2)s1.Cc1ncc(-c2cc3cccc(Br)c3cn2)s1. The van der Waals surface area contributed by atoms with Crippen LogP contribution in [0.3, 0.4) is 0 Å². The van der Waals surface area contributed by atoms with Crippen molar-refractivity contribution in [1.82, 2.24) is 19.9 Å². The highest BCUT2D eigenvalue weighted by Crippen LogP contribution is 2.37. The number of aromatic nitrogens is 4. The number of fused-ring (bicyclic) bond motifs is 2. The molecule has 0 spiro atoms. The molecule has 0 aliphatic carbocycles. The summed E-state index contributed by atoms with van der Waals surface area (Å²) in [6.45, 7) is 12.3. The largest absolute Gasteiger partial charge is 0.495 e. The molecular weight excluding hydrogens is 627 g/mol. The Morgan fingerprint density at radius 2 is 1.17 bits per heavy atom. The minimum absolute atomic E-state index is 0.354. The van der Waals surface area contributed by atoms with E-state index in [1.807, 2.05) is 56.8 Å². The van der Waals surface area contributed by atoms with E-state index in [0.29, 0.717) is 0 Å². The van der Waals surface area contributed by atoms with Crippen LogP contribution in [0.2, 0.25) is 0 Å². The number of halogens is 1. The third-order valence-corrected chi connectivity index (χ3v) is 10.3. The molecule has 5 heterocycles. The highest BCUT2D eigenvalue weighted by molar-refractivity contribution is 9.10. The molecule has 6 nitrogen and oxygen atoms in total. The smallest absolute Gasteiger partial charge is 0.399 e. The Kier molecular flexibility index (Phi) is 7.78. The molecule has 1 aliphatic heterocycles. The summed E-state index contributed by atoms with van der Waals surface area (Å²) in [5.74, 6) is 0. The van der Waals surface area contributed by atoms with Gasteiger partial charge < -0.3 is 9.31 Å². The Bertz CT molecular complexity index is 1900. The van der Waals surface area contributed by atoms with Gasteiger partial charge in [0.05, 0.1) is 42.4 Å². The summed E-state index contributed by atoms with van der Waals surface area (Å²) in [5.41, 5.74) is 2.25. The summed E-state index contributed by atoms with van der Waals surface area (Å²) >= 11 is 6.86. The Morgan fingerprint density at radius 3 is 1.69 bits per heavy atom. The van der Waals surface area contributed by atoms with E-state index >= 15 is 0 Å². The number of rotatable bonds is 3. The zero-order valence-electron chi connectivity index (χ0n) is 24.3. The van der Waals surface area contributed by atoms with Gasteiger partial charge in [-0.15, -0.1) is 22.7 Å². The molecule has 0 unspecified atom stereocenters. The van der Waals surface area contributed by atoms with Crippen molar-refractivity contribution in [3.8, 4) is 21.1 Å². The van der Waals surface area contributed by atoms with Crippen LogP contribution in [0, 0.1) is 13.8 Å². The summed E-state index contributed by atoms with van der Waals surface area (Å²) in [4.78, 5) is 19.9. The predicted molar refractivity (Wildman–Crippen MR) is 179 cm³/mol. The second-order valence-electron chi connectivity index (χ2n) is 11.2. The van der Waals surface area contributed by atoms with Crippen molar-refractivity contribution in [1.29, 1.82) is 0 Å². The fourth-order valence-corrected chi connectivity index (χ4v) is 6.71. The van der Waals surface area contributed by atoms with Crippen molar-refractivity contribution in [2.75, 3.05) is 0 Å². The van der Waals surface area contributed by atoms with Crippen LogP contribution in [0.5, 0.6) is 0 Å². The van der Waals surface area contributed by atoms with Gasteiger partial charge in [0.15, 0.2) is 0 Å². The van der Waals surface area contributed by atoms with Gasteiger partial charge in [0.1, 0.15) is 0 Å². The standard InChI is InChI=1S/C19H21BN2O2S.C13H9BrN2S/c1-12-21-11-17(25-12)16-9-13-7-6-8-15(14(13)10-22-16)20-23-18(2,3)19(4,5)24-20;1-8-15-7-13(17-8)12-5-9-3-2-4-11(14)10(9)6-16-12/h6-11H,1-5H3;2-7H,1H3. The highest BCUT2D eigenvalue weighted by atomic mass is 79.9. The van der Waals surface area contributed by atoms with Gasteiger partial charge in [-0.1, -0.05) is 46.3 Å². The second kappa shape index (κ2) is 11.2. The average molecular weight is 657 g/mol. The first-order valence-electron chi connectivity index (χ1n) is 13.6. The van der Waals surface area contributed by atoms with E-state index in [9.17, 15) is 0 Å². The number of hydrogen-bond acceptors (Lipinski definition) is 8. The van der Waals surface area contributed by atoms with Gasteiger partial charge in [0.25, 0.3) is 0 Å². The summed E-state index contributed by atoms with van der Waals surface area (Å²) in [6, 6.07) is 16.6. The summed E-state index contributed by atoms with van der Waals surface area (Å²) < 4.78 is 13.5. The van der Waals surface area contributed by atoms with E-state index in [1.165, 1.54) is 5.39 Å². The van der Waals surface area contributed by atoms with Gasteiger partial charge in [-0.05, 0) is 81.4 Å². The summed E-state index contributed by atoms with van der Waals surface area (Å²) in [5, 5.41) is 6.63. The van der Waals surface area contributed by atoms with E-state index in [4.69, 9.17) is 9.31 Å². The lowest BCUT2D eigenvalue weighted by Gasteiger charge is -2.32. The van der Waals surface area contributed by atoms with Crippen LogP contribution < -0.4 is 5.46 Å². The van der Waals surface area contributed by atoms with Crippen LogP contribution in [0.4, 0.5) is 0 Å². The van der Waals surface area contributed by atoms with Crippen molar-refractivity contribution < 1.29 is 9.31 Å². The van der Waals surface area contributed by atoms with Gasteiger partial charge in [-0.3, -0.25) is 9.97 Å². The number of hydrogen-bond donors (Lipinski definition) is 0. The fourth-order valence-electron chi connectivity index (χ4n) is 4.73. The average Bonchev–Trinajstić information content (AvgIpc) is 3.65. The van der Waals surface area contributed by atoms with Gasteiger partial charge in [-0.25, -0.2) is 9.97 Å². The maximum absolute atomic E-state index is 6.22. The molecule has 0 N–H and O–H groups in total. The van der Waals surface area contributed by atoms with Crippen LogP contribution in [-0.2, 0) is 9.31 Å². The third-order valence-electron chi connectivity index (χ3n) is 7.76. The van der Waals surface area contributed by atoms with Gasteiger partial charge >= 0.3 is 7.12 Å². The third kappa shape index (κ3) is 5.66. The van der Waals surface area contributed by atoms with E-state index in [-0.39, 0.29) is 18.3 Å². The second-order valence-corrected chi connectivity index (χ2v) is 14.6. The zero-order valence-corrected chi connectivity index (χ0v) is 27.5. The van der Waals surface area contributed by atoms with Crippen molar-refractivity contribution in [3.63, 3.8) is 0 Å². The number of aryl methyl sites for hydroxylation is 2. The van der Waals surface area contributed by atoms with Crippen LogP contribution >= 0.6 is 38.6 Å². The minimum atomic E-state index is -0.382. The topological polar surface area (TPSA) is 70.0 Å². The van der Waals surface area contributed by atoms with Gasteiger partial charge in [0, 0.05) is 34.6 Å². The van der Waals surface area contributed by atoms with E-state index in [1.54, 1.807) is 22.7 Å². The monoisotopic (exact) mass is 656 g/mol. The molecule has 7 rings (SSSR count). The number of thiazole rings is 2. The molecular formula is C32H30BBrN4O2S2. The Morgan fingerprint density at radius 1 is 0.667 bits per heavy atom. The summed E-state index contributed by atoms with van der Waals surface area (Å²) in [6.07, 6.45) is 7.59.